The third kappa shape index (κ3) is 2.67. The van der Waals surface area contributed by atoms with Gasteiger partial charge in [0.05, 0.1) is 25.9 Å². The lowest BCUT2D eigenvalue weighted by Crippen LogP contribution is -2.30. The third-order valence-corrected chi connectivity index (χ3v) is 5.99. The lowest BCUT2D eigenvalue weighted by molar-refractivity contribution is -0.117. The zero-order valence-corrected chi connectivity index (χ0v) is 17.4. The fourth-order valence-electron chi connectivity index (χ4n) is 4.58. The summed E-state index contributed by atoms with van der Waals surface area (Å²) in [6.45, 7) is 1.86. The Kier molecular flexibility index (Phi) is 4.24. The molecule has 154 valence electrons. The quantitative estimate of drug-likeness (QED) is 0.626. The maximum Gasteiger partial charge on any atom is 0.231 e. The van der Waals surface area contributed by atoms with Gasteiger partial charge in [0.25, 0.3) is 0 Å². The Morgan fingerprint density at radius 2 is 1.73 bits per heavy atom. The fourth-order valence-corrected chi connectivity index (χ4v) is 4.58. The van der Waals surface area contributed by atoms with E-state index in [2.05, 4.69) is 17.0 Å². The Hall–Kier alpha value is -3.41. The molecule has 0 spiro atoms. The molecule has 0 aliphatic carbocycles. The van der Waals surface area contributed by atoms with Crippen molar-refractivity contribution in [1.29, 1.82) is 0 Å². The van der Waals surface area contributed by atoms with E-state index >= 15 is 0 Å². The highest BCUT2D eigenvalue weighted by Crippen LogP contribution is 2.52. The highest BCUT2D eigenvalue weighted by molar-refractivity contribution is 6.05. The van der Waals surface area contributed by atoms with Crippen molar-refractivity contribution in [3.63, 3.8) is 0 Å². The molecule has 6 nitrogen and oxygen atoms in total. The molecule has 0 fully saturated rings. The van der Waals surface area contributed by atoms with Crippen molar-refractivity contribution < 1.29 is 23.7 Å². The standard InChI is InChI=1S/C24H23NO5/c1-13(26)7-19-18-11-21(28-4)20(27-3)10-17(18)15-6-5-14-8-22-23(30-12-29-22)9-16(14)24(15)25(19)2/h5-6,8-11,19H,7,12H2,1-4H3/t19-/m0/s1. The van der Waals surface area contributed by atoms with Gasteiger partial charge in [-0.05, 0) is 47.7 Å². The molecule has 5 rings (SSSR count). The number of hydrogen-bond acceptors (Lipinski definition) is 6. The number of methoxy groups -OCH3 is 2. The van der Waals surface area contributed by atoms with E-state index in [-0.39, 0.29) is 18.6 Å². The molecule has 0 bridgehead atoms. The second kappa shape index (κ2) is 6.83. The summed E-state index contributed by atoms with van der Waals surface area (Å²) in [7, 11) is 5.30. The molecule has 0 saturated carbocycles. The first-order valence-corrected chi connectivity index (χ1v) is 9.86. The van der Waals surface area contributed by atoms with Crippen LogP contribution in [0, 0.1) is 0 Å². The highest BCUT2D eigenvalue weighted by atomic mass is 16.7. The SMILES string of the molecule is COc1cc2c(cc1OC)[C@H](CC(C)=O)N(C)c1c-2ccc2cc3c(cc12)OCO3. The number of Topliss-reactive ketones (excluding diaryl/α,β-unsaturated/α-hetero) is 1. The molecule has 0 N–H and O–H groups in total. The molecule has 2 heterocycles. The van der Waals surface area contributed by atoms with E-state index < -0.39 is 0 Å². The van der Waals surface area contributed by atoms with Crippen LogP contribution < -0.4 is 23.8 Å². The van der Waals surface area contributed by atoms with Gasteiger partial charge in [0.15, 0.2) is 23.0 Å². The number of rotatable bonds is 4. The third-order valence-electron chi connectivity index (χ3n) is 5.99. The Balaban J connectivity index is 1.82. The number of hydrogen-bond donors (Lipinski definition) is 0. The van der Waals surface area contributed by atoms with Gasteiger partial charge in [0.2, 0.25) is 6.79 Å². The van der Waals surface area contributed by atoms with Gasteiger partial charge in [-0.1, -0.05) is 12.1 Å². The van der Waals surface area contributed by atoms with Crippen molar-refractivity contribution in [3.8, 4) is 34.1 Å². The van der Waals surface area contributed by atoms with Gasteiger partial charge in [-0.3, -0.25) is 4.79 Å². The molecule has 6 heteroatoms. The average Bonchev–Trinajstić information content (AvgIpc) is 3.20. The van der Waals surface area contributed by atoms with Crippen LogP contribution in [0.4, 0.5) is 5.69 Å². The monoisotopic (exact) mass is 405 g/mol. The molecule has 3 aromatic carbocycles. The van der Waals surface area contributed by atoms with Crippen LogP contribution in [0.2, 0.25) is 0 Å². The Morgan fingerprint density at radius 1 is 1.03 bits per heavy atom. The first-order valence-electron chi connectivity index (χ1n) is 9.86. The van der Waals surface area contributed by atoms with E-state index in [4.69, 9.17) is 18.9 Å². The molecule has 1 atom stereocenters. The number of anilines is 1. The second-order valence-corrected chi connectivity index (χ2v) is 7.72. The van der Waals surface area contributed by atoms with E-state index in [1.54, 1.807) is 21.1 Å². The molecule has 0 aromatic heterocycles. The minimum absolute atomic E-state index is 0.110. The van der Waals surface area contributed by atoms with Gasteiger partial charge in [-0.15, -0.1) is 0 Å². The van der Waals surface area contributed by atoms with E-state index in [1.165, 1.54) is 0 Å². The second-order valence-electron chi connectivity index (χ2n) is 7.72. The van der Waals surface area contributed by atoms with E-state index in [9.17, 15) is 4.79 Å². The van der Waals surface area contributed by atoms with Crippen LogP contribution in [0.3, 0.4) is 0 Å². The summed E-state index contributed by atoms with van der Waals surface area (Å²) in [6, 6.07) is 12.1. The molecule has 2 aliphatic rings. The van der Waals surface area contributed by atoms with E-state index in [0.29, 0.717) is 17.9 Å². The predicted octanol–water partition coefficient (Wildman–Crippen LogP) is 4.72. The van der Waals surface area contributed by atoms with Gasteiger partial charge in [0, 0.05) is 24.4 Å². The Labute approximate surface area is 174 Å². The number of ketones is 1. The number of carbonyl (C=O) groups excluding carboxylic acids is 1. The lowest BCUT2D eigenvalue weighted by Gasteiger charge is -2.38. The lowest BCUT2D eigenvalue weighted by atomic mass is 9.84. The van der Waals surface area contributed by atoms with Crippen molar-refractivity contribution in [2.24, 2.45) is 0 Å². The molecule has 0 radical (unpaired) electrons. The first kappa shape index (κ1) is 18.6. The average molecular weight is 405 g/mol. The Morgan fingerprint density at radius 3 is 2.43 bits per heavy atom. The molecule has 0 unspecified atom stereocenters. The minimum atomic E-state index is -0.110. The van der Waals surface area contributed by atoms with Crippen LogP contribution >= 0.6 is 0 Å². The van der Waals surface area contributed by atoms with E-state index in [1.807, 2.05) is 31.3 Å². The van der Waals surface area contributed by atoms with Gasteiger partial charge < -0.3 is 23.8 Å². The molecular weight excluding hydrogens is 382 g/mol. The topological polar surface area (TPSA) is 57.2 Å². The number of ether oxygens (including phenoxy) is 4. The van der Waals surface area contributed by atoms with E-state index in [0.717, 1.165) is 44.6 Å². The smallest absolute Gasteiger partial charge is 0.231 e. The minimum Gasteiger partial charge on any atom is -0.493 e. The van der Waals surface area contributed by atoms with Crippen molar-refractivity contribution in [2.75, 3.05) is 33.0 Å². The molecule has 2 aliphatic heterocycles. The number of benzene rings is 3. The largest absolute Gasteiger partial charge is 0.493 e. The molecule has 3 aromatic rings. The normalized spacial score (nSPS) is 16.3. The van der Waals surface area contributed by atoms with Gasteiger partial charge in [0.1, 0.15) is 5.78 Å². The Bertz CT molecular complexity index is 1190. The first-order chi connectivity index (χ1) is 14.5. The summed E-state index contributed by atoms with van der Waals surface area (Å²) in [5.74, 6) is 2.96. The molecule has 30 heavy (non-hydrogen) atoms. The van der Waals surface area contributed by atoms with Crippen LogP contribution in [0.1, 0.15) is 24.9 Å². The van der Waals surface area contributed by atoms with Crippen molar-refractivity contribution in [2.45, 2.75) is 19.4 Å². The fraction of sp³-hybridized carbons (Fsp3) is 0.292. The van der Waals surface area contributed by atoms with Gasteiger partial charge in [-0.2, -0.15) is 0 Å². The maximum absolute atomic E-state index is 12.2. The number of nitrogens with zero attached hydrogens (tertiary/aromatic N) is 1. The predicted molar refractivity (Wildman–Crippen MR) is 115 cm³/mol. The van der Waals surface area contributed by atoms with Crippen LogP contribution in [-0.4, -0.2) is 33.8 Å². The summed E-state index contributed by atoms with van der Waals surface area (Å²) >= 11 is 0. The van der Waals surface area contributed by atoms with Crippen LogP contribution in [0.25, 0.3) is 21.9 Å². The van der Waals surface area contributed by atoms with Crippen LogP contribution in [0.5, 0.6) is 23.0 Å². The maximum atomic E-state index is 12.2. The zero-order valence-electron chi connectivity index (χ0n) is 17.4. The van der Waals surface area contributed by atoms with Crippen molar-refractivity contribution in [1.82, 2.24) is 0 Å². The van der Waals surface area contributed by atoms with Crippen LogP contribution in [0.15, 0.2) is 36.4 Å². The van der Waals surface area contributed by atoms with Crippen molar-refractivity contribution >= 4 is 22.2 Å². The van der Waals surface area contributed by atoms with Gasteiger partial charge >= 0.3 is 0 Å². The van der Waals surface area contributed by atoms with Crippen molar-refractivity contribution in [3.05, 3.63) is 42.0 Å². The summed E-state index contributed by atoms with van der Waals surface area (Å²) < 4.78 is 22.3. The summed E-state index contributed by atoms with van der Waals surface area (Å²) in [5, 5.41) is 2.13. The number of carbonyl (C=O) groups is 1. The summed E-state index contributed by atoms with van der Waals surface area (Å²) in [5.41, 5.74) is 4.25. The van der Waals surface area contributed by atoms with Gasteiger partial charge in [-0.25, -0.2) is 0 Å². The summed E-state index contributed by atoms with van der Waals surface area (Å²) in [4.78, 5) is 14.3. The van der Waals surface area contributed by atoms with Crippen LogP contribution in [-0.2, 0) is 4.79 Å². The molecule has 0 saturated heterocycles. The molecular formula is C24H23NO5. The molecule has 0 amide bonds. The number of fused-ring (bicyclic) bond motifs is 6. The summed E-state index contributed by atoms with van der Waals surface area (Å²) in [6.07, 6.45) is 0.402. The zero-order chi connectivity index (χ0) is 21.0. The highest BCUT2D eigenvalue weighted by Gasteiger charge is 2.33.